The first-order valence-electron chi connectivity index (χ1n) is 4.70. The third-order valence-electron chi connectivity index (χ3n) is 1.91. The van der Waals surface area contributed by atoms with Crippen LogP contribution in [0.2, 0.25) is 0 Å². The molecule has 0 fully saturated rings. The molecule has 1 aromatic carbocycles. The van der Waals surface area contributed by atoms with Crippen molar-refractivity contribution in [2.45, 2.75) is 18.7 Å². The van der Waals surface area contributed by atoms with Gasteiger partial charge in [0.1, 0.15) is 5.82 Å². The molecule has 0 heterocycles. The summed E-state index contributed by atoms with van der Waals surface area (Å²) in [5.74, 6) is -0.605. The first-order valence-corrected chi connectivity index (χ1v) is 7.31. The Morgan fingerprint density at radius 2 is 2.12 bits per heavy atom. The maximum atomic E-state index is 12.8. The summed E-state index contributed by atoms with van der Waals surface area (Å²) in [6.07, 6.45) is 0. The molecule has 0 aliphatic rings. The average Bonchev–Trinajstić information content (AvgIpc) is 2.07. The van der Waals surface area contributed by atoms with Gasteiger partial charge in [-0.3, -0.25) is 0 Å². The Balaban J connectivity index is 2.88. The van der Waals surface area contributed by atoms with Crippen LogP contribution >= 0.6 is 15.9 Å². The fraction of sp³-hybridized carbons (Fsp3) is 0.400. The van der Waals surface area contributed by atoms with Crippen LogP contribution in [0.15, 0.2) is 22.7 Å². The summed E-state index contributed by atoms with van der Waals surface area (Å²) in [5.41, 5.74) is 5.99. The van der Waals surface area contributed by atoms with Gasteiger partial charge in [-0.05, 0) is 24.6 Å². The Hall–Kier alpha value is -0.460. The minimum absolute atomic E-state index is 0.0726. The number of hydrogen-bond acceptors (Lipinski definition) is 3. The van der Waals surface area contributed by atoms with E-state index in [0.29, 0.717) is 10.0 Å². The van der Waals surface area contributed by atoms with Gasteiger partial charge in [-0.25, -0.2) is 12.8 Å². The molecule has 0 saturated carbocycles. The number of hydrogen-bond donors (Lipinski definition) is 1. The SMILES string of the molecule is CC(N)CS(=O)(=O)Cc1ccc(F)cc1Br. The normalized spacial score (nSPS) is 13.8. The van der Waals surface area contributed by atoms with Crippen LogP contribution in [0.4, 0.5) is 4.39 Å². The molecule has 0 spiro atoms. The summed E-state index contributed by atoms with van der Waals surface area (Å²) < 4.78 is 36.6. The molecule has 0 aliphatic heterocycles. The average molecular weight is 310 g/mol. The number of nitrogens with two attached hydrogens (primary N) is 1. The van der Waals surface area contributed by atoms with E-state index in [1.807, 2.05) is 0 Å². The molecule has 0 saturated heterocycles. The van der Waals surface area contributed by atoms with Crippen molar-refractivity contribution in [3.8, 4) is 0 Å². The number of halogens is 2. The van der Waals surface area contributed by atoms with Gasteiger partial charge in [0, 0.05) is 10.5 Å². The molecule has 2 N–H and O–H groups in total. The lowest BCUT2D eigenvalue weighted by Crippen LogP contribution is -2.27. The van der Waals surface area contributed by atoms with Crippen molar-refractivity contribution < 1.29 is 12.8 Å². The lowest BCUT2D eigenvalue weighted by Gasteiger charge is -2.08. The topological polar surface area (TPSA) is 60.2 Å². The van der Waals surface area contributed by atoms with Crippen molar-refractivity contribution >= 4 is 25.8 Å². The molecule has 90 valence electrons. The minimum Gasteiger partial charge on any atom is -0.327 e. The van der Waals surface area contributed by atoms with Crippen molar-refractivity contribution in [3.63, 3.8) is 0 Å². The zero-order valence-corrected chi connectivity index (χ0v) is 11.2. The Labute approximate surface area is 103 Å². The van der Waals surface area contributed by atoms with E-state index in [0.717, 1.165) is 0 Å². The molecular weight excluding hydrogens is 297 g/mol. The van der Waals surface area contributed by atoms with E-state index in [1.54, 1.807) is 6.92 Å². The molecule has 1 aromatic rings. The molecule has 1 rings (SSSR count). The van der Waals surface area contributed by atoms with Crippen LogP contribution in [-0.4, -0.2) is 20.2 Å². The monoisotopic (exact) mass is 309 g/mol. The van der Waals surface area contributed by atoms with Crippen LogP contribution in [-0.2, 0) is 15.6 Å². The van der Waals surface area contributed by atoms with Crippen LogP contribution in [0.3, 0.4) is 0 Å². The summed E-state index contributed by atoms with van der Waals surface area (Å²) in [6.45, 7) is 1.64. The van der Waals surface area contributed by atoms with Crippen molar-refractivity contribution in [2.24, 2.45) is 5.73 Å². The smallest absolute Gasteiger partial charge is 0.155 e. The highest BCUT2D eigenvalue weighted by atomic mass is 79.9. The van der Waals surface area contributed by atoms with E-state index in [2.05, 4.69) is 15.9 Å². The zero-order chi connectivity index (χ0) is 12.3. The van der Waals surface area contributed by atoms with Gasteiger partial charge >= 0.3 is 0 Å². The lowest BCUT2D eigenvalue weighted by molar-refractivity contribution is 0.588. The van der Waals surface area contributed by atoms with E-state index >= 15 is 0 Å². The molecule has 16 heavy (non-hydrogen) atoms. The first-order chi connectivity index (χ1) is 7.30. The zero-order valence-electron chi connectivity index (χ0n) is 8.78. The molecule has 6 heteroatoms. The predicted octanol–water partition coefficient (Wildman–Crippen LogP) is 1.85. The van der Waals surface area contributed by atoms with Crippen molar-refractivity contribution in [1.29, 1.82) is 0 Å². The molecule has 0 amide bonds. The van der Waals surface area contributed by atoms with E-state index in [9.17, 15) is 12.8 Å². The highest BCUT2D eigenvalue weighted by Crippen LogP contribution is 2.20. The van der Waals surface area contributed by atoms with Gasteiger partial charge in [0.2, 0.25) is 0 Å². The third kappa shape index (κ3) is 4.19. The molecule has 0 radical (unpaired) electrons. The second-order valence-corrected chi connectivity index (χ2v) is 6.73. The molecule has 1 unspecified atom stereocenters. The molecule has 0 aromatic heterocycles. The molecular formula is C10H13BrFNO2S. The Morgan fingerprint density at radius 3 is 2.62 bits per heavy atom. The second-order valence-electron chi connectivity index (χ2n) is 3.77. The van der Waals surface area contributed by atoms with Crippen molar-refractivity contribution in [3.05, 3.63) is 34.1 Å². The molecule has 0 aliphatic carbocycles. The lowest BCUT2D eigenvalue weighted by atomic mass is 10.2. The van der Waals surface area contributed by atoms with Crippen molar-refractivity contribution in [1.82, 2.24) is 0 Å². The van der Waals surface area contributed by atoms with Crippen LogP contribution in [0.1, 0.15) is 12.5 Å². The fourth-order valence-electron chi connectivity index (χ4n) is 1.34. The summed E-state index contributed by atoms with van der Waals surface area (Å²) in [4.78, 5) is 0. The second kappa shape index (κ2) is 5.25. The standard InChI is InChI=1S/C10H13BrFNO2S/c1-7(13)5-16(14,15)6-8-2-3-9(12)4-10(8)11/h2-4,7H,5-6,13H2,1H3. The van der Waals surface area contributed by atoms with Crippen molar-refractivity contribution in [2.75, 3.05) is 5.75 Å². The molecule has 0 bridgehead atoms. The van der Waals surface area contributed by atoms with Gasteiger partial charge in [-0.15, -0.1) is 0 Å². The van der Waals surface area contributed by atoms with Gasteiger partial charge in [0.25, 0.3) is 0 Å². The summed E-state index contributed by atoms with van der Waals surface area (Å²) in [6, 6.07) is 3.54. The fourth-order valence-corrected chi connectivity index (χ4v) is 3.66. The Kier molecular flexibility index (Phi) is 4.46. The van der Waals surface area contributed by atoms with E-state index in [4.69, 9.17) is 5.73 Å². The first kappa shape index (κ1) is 13.6. The van der Waals surface area contributed by atoms with Gasteiger partial charge in [-0.2, -0.15) is 0 Å². The van der Waals surface area contributed by atoms with E-state index < -0.39 is 21.7 Å². The minimum atomic E-state index is -3.25. The molecule has 3 nitrogen and oxygen atoms in total. The van der Waals surface area contributed by atoms with Crippen LogP contribution in [0, 0.1) is 5.82 Å². The van der Waals surface area contributed by atoms with Gasteiger partial charge < -0.3 is 5.73 Å². The third-order valence-corrected chi connectivity index (χ3v) is 4.43. The maximum Gasteiger partial charge on any atom is 0.155 e. The summed E-state index contributed by atoms with van der Waals surface area (Å²) >= 11 is 3.13. The quantitative estimate of drug-likeness (QED) is 0.923. The number of benzene rings is 1. The van der Waals surface area contributed by atoms with Crippen LogP contribution in [0.25, 0.3) is 0 Å². The maximum absolute atomic E-state index is 12.8. The van der Waals surface area contributed by atoms with Gasteiger partial charge in [-0.1, -0.05) is 22.0 Å². The predicted molar refractivity (Wildman–Crippen MR) is 65.2 cm³/mol. The van der Waals surface area contributed by atoms with Crippen LogP contribution < -0.4 is 5.73 Å². The molecule has 1 atom stereocenters. The van der Waals surface area contributed by atoms with Gasteiger partial charge in [0.15, 0.2) is 9.84 Å². The Morgan fingerprint density at radius 1 is 1.50 bits per heavy atom. The highest BCUT2D eigenvalue weighted by molar-refractivity contribution is 9.10. The van der Waals surface area contributed by atoms with E-state index in [1.165, 1.54) is 18.2 Å². The van der Waals surface area contributed by atoms with E-state index in [-0.39, 0.29) is 11.5 Å². The number of rotatable bonds is 4. The Bertz CT molecular complexity index is 474. The summed E-state index contributed by atoms with van der Waals surface area (Å²) in [5, 5.41) is 0. The van der Waals surface area contributed by atoms with Crippen LogP contribution in [0.5, 0.6) is 0 Å². The van der Waals surface area contributed by atoms with Gasteiger partial charge in [0.05, 0.1) is 11.5 Å². The highest BCUT2D eigenvalue weighted by Gasteiger charge is 2.16. The number of sulfone groups is 1. The largest absolute Gasteiger partial charge is 0.327 e. The summed E-state index contributed by atoms with van der Waals surface area (Å²) in [7, 11) is -3.25.